The van der Waals surface area contributed by atoms with E-state index in [9.17, 15) is 9.59 Å². The van der Waals surface area contributed by atoms with Crippen LogP contribution in [0.5, 0.6) is 0 Å². The Labute approximate surface area is 127 Å². The van der Waals surface area contributed by atoms with E-state index in [1.807, 2.05) is 0 Å². The van der Waals surface area contributed by atoms with Gasteiger partial charge in [0, 0.05) is 25.2 Å². The topological polar surface area (TPSA) is 81.1 Å². The number of hydroxylamine groups is 4. The fourth-order valence-electron chi connectivity index (χ4n) is 1.98. The highest BCUT2D eigenvalue weighted by atomic mass is 16.5. The van der Waals surface area contributed by atoms with E-state index >= 15 is 0 Å². The van der Waals surface area contributed by atoms with Gasteiger partial charge in [0.25, 0.3) is 11.8 Å². The van der Waals surface area contributed by atoms with Crippen LogP contribution in [0.15, 0.2) is 48.5 Å². The van der Waals surface area contributed by atoms with Crippen LogP contribution in [0.25, 0.3) is 11.1 Å². The van der Waals surface area contributed by atoms with Gasteiger partial charge in [-0.3, -0.25) is 20.0 Å². The van der Waals surface area contributed by atoms with Gasteiger partial charge in [-0.1, -0.05) is 24.3 Å². The molecule has 0 spiro atoms. The maximum atomic E-state index is 11.6. The predicted molar refractivity (Wildman–Crippen MR) is 79.6 cm³/mol. The van der Waals surface area contributed by atoms with E-state index in [1.54, 1.807) is 48.5 Å². The molecule has 0 heterocycles. The minimum absolute atomic E-state index is 0.377. The Hall–Kier alpha value is -2.70. The van der Waals surface area contributed by atoms with Gasteiger partial charge in [0.1, 0.15) is 0 Å². The maximum Gasteiger partial charge on any atom is 0.276 e. The molecule has 2 aromatic carbocycles. The molecule has 6 nitrogen and oxygen atoms in total. The van der Waals surface area contributed by atoms with Crippen molar-refractivity contribution in [1.82, 2.24) is 10.1 Å². The summed E-state index contributed by atoms with van der Waals surface area (Å²) in [5.41, 5.74) is 2.49. The molecular weight excluding hydrogens is 284 g/mol. The van der Waals surface area contributed by atoms with Gasteiger partial charge in [-0.25, -0.2) is 10.1 Å². The molecule has 0 saturated carbocycles. The molecule has 0 fully saturated rings. The third kappa shape index (κ3) is 3.30. The fourth-order valence-corrected chi connectivity index (χ4v) is 1.98. The molecule has 2 amide bonds. The van der Waals surface area contributed by atoms with Crippen molar-refractivity contribution >= 4 is 11.8 Å². The predicted octanol–water partition coefficient (Wildman–Crippen LogP) is 2.28. The van der Waals surface area contributed by atoms with Crippen molar-refractivity contribution in [2.75, 3.05) is 14.1 Å². The maximum absolute atomic E-state index is 11.6. The first-order valence-corrected chi connectivity index (χ1v) is 6.54. The Morgan fingerprint density at radius 3 is 1.18 bits per heavy atom. The number of rotatable bonds is 3. The lowest BCUT2D eigenvalue weighted by Crippen LogP contribution is -2.22. The van der Waals surface area contributed by atoms with Crippen LogP contribution in [0.2, 0.25) is 0 Å². The van der Waals surface area contributed by atoms with E-state index in [4.69, 9.17) is 10.4 Å². The number of carbonyl (C=O) groups is 2. The van der Waals surface area contributed by atoms with Crippen LogP contribution >= 0.6 is 0 Å². The molecule has 2 rings (SSSR count). The van der Waals surface area contributed by atoms with Gasteiger partial charge in [-0.15, -0.1) is 0 Å². The number of nitrogens with zero attached hydrogens (tertiary/aromatic N) is 2. The molecule has 0 unspecified atom stereocenters. The van der Waals surface area contributed by atoms with Gasteiger partial charge >= 0.3 is 0 Å². The van der Waals surface area contributed by atoms with Gasteiger partial charge in [0.2, 0.25) is 0 Å². The Kier molecular flexibility index (Phi) is 4.55. The summed E-state index contributed by atoms with van der Waals surface area (Å²) < 4.78 is 0. The van der Waals surface area contributed by atoms with Crippen molar-refractivity contribution in [3.63, 3.8) is 0 Å². The number of hydrogen-bond donors (Lipinski definition) is 2. The van der Waals surface area contributed by atoms with Gasteiger partial charge in [-0.05, 0) is 35.4 Å². The molecule has 0 saturated heterocycles. The molecule has 2 aromatic rings. The molecular formula is C16H16N2O4. The normalized spacial score (nSPS) is 10.2. The van der Waals surface area contributed by atoms with Crippen LogP contribution in [-0.2, 0) is 0 Å². The van der Waals surface area contributed by atoms with E-state index in [0.717, 1.165) is 11.1 Å². The SMILES string of the molecule is CN(O)C(=O)c1ccc(-c2ccc(C(=O)N(C)O)cc2)cc1. The molecule has 0 aliphatic rings. The zero-order valence-electron chi connectivity index (χ0n) is 12.2. The molecule has 114 valence electrons. The van der Waals surface area contributed by atoms with Crippen LogP contribution in [0.4, 0.5) is 0 Å². The van der Waals surface area contributed by atoms with Crippen LogP contribution in [0, 0.1) is 0 Å². The van der Waals surface area contributed by atoms with Crippen LogP contribution in [-0.4, -0.2) is 46.5 Å². The molecule has 0 atom stereocenters. The summed E-state index contributed by atoms with van der Waals surface area (Å²) in [7, 11) is 2.54. The van der Waals surface area contributed by atoms with E-state index < -0.39 is 11.8 Å². The number of carbonyl (C=O) groups excluding carboxylic acids is 2. The average Bonchev–Trinajstić information content (AvgIpc) is 2.53. The highest BCUT2D eigenvalue weighted by Crippen LogP contribution is 2.21. The fraction of sp³-hybridized carbons (Fsp3) is 0.125. The quantitative estimate of drug-likeness (QED) is 0.673. The number of amides is 2. The van der Waals surface area contributed by atoms with Crippen molar-refractivity contribution in [3.8, 4) is 11.1 Å². The standard InChI is InChI=1S/C16H16N2O4/c1-17(21)15(19)13-7-3-11(4-8-13)12-5-9-14(10-6-12)16(20)18(2)22/h3-10,21-22H,1-2H3. The van der Waals surface area contributed by atoms with Gasteiger partial charge in [-0.2, -0.15) is 0 Å². The second kappa shape index (κ2) is 6.38. The van der Waals surface area contributed by atoms with Crippen molar-refractivity contribution in [3.05, 3.63) is 59.7 Å². The molecule has 22 heavy (non-hydrogen) atoms. The lowest BCUT2D eigenvalue weighted by atomic mass is 10.0. The minimum Gasteiger partial charge on any atom is -0.286 e. The van der Waals surface area contributed by atoms with E-state index in [2.05, 4.69) is 0 Å². The van der Waals surface area contributed by atoms with E-state index in [-0.39, 0.29) is 0 Å². The third-order valence-electron chi connectivity index (χ3n) is 3.18. The summed E-state index contributed by atoms with van der Waals surface area (Å²) in [4.78, 5) is 23.2. The Bertz CT molecular complexity index is 615. The van der Waals surface area contributed by atoms with Gasteiger partial charge < -0.3 is 0 Å². The van der Waals surface area contributed by atoms with Gasteiger partial charge in [0.15, 0.2) is 0 Å². The van der Waals surface area contributed by atoms with Crippen LogP contribution in [0.1, 0.15) is 20.7 Å². The molecule has 0 bridgehead atoms. The smallest absolute Gasteiger partial charge is 0.276 e. The zero-order valence-corrected chi connectivity index (χ0v) is 12.2. The molecule has 0 aliphatic heterocycles. The Balaban J connectivity index is 2.22. The van der Waals surface area contributed by atoms with Crippen molar-refractivity contribution in [2.24, 2.45) is 0 Å². The summed E-state index contributed by atoms with van der Waals surface area (Å²) in [5, 5.41) is 19.3. The van der Waals surface area contributed by atoms with Crippen molar-refractivity contribution in [2.45, 2.75) is 0 Å². The zero-order chi connectivity index (χ0) is 16.3. The lowest BCUT2D eigenvalue weighted by molar-refractivity contribution is -0.0375. The molecule has 0 radical (unpaired) electrons. The molecule has 0 aliphatic carbocycles. The first kappa shape index (κ1) is 15.7. The summed E-state index contributed by atoms with van der Waals surface area (Å²) in [6.45, 7) is 0. The first-order chi connectivity index (χ1) is 10.4. The molecule has 6 heteroatoms. The highest BCUT2D eigenvalue weighted by Gasteiger charge is 2.11. The lowest BCUT2D eigenvalue weighted by Gasteiger charge is -2.10. The Morgan fingerprint density at radius 1 is 0.682 bits per heavy atom. The van der Waals surface area contributed by atoms with Crippen LogP contribution in [0.3, 0.4) is 0 Å². The number of benzene rings is 2. The van der Waals surface area contributed by atoms with E-state index in [0.29, 0.717) is 21.3 Å². The largest absolute Gasteiger partial charge is 0.286 e. The van der Waals surface area contributed by atoms with Crippen LogP contribution < -0.4 is 0 Å². The van der Waals surface area contributed by atoms with Gasteiger partial charge in [0.05, 0.1) is 0 Å². The number of hydrogen-bond acceptors (Lipinski definition) is 4. The summed E-state index contributed by atoms with van der Waals surface area (Å²) >= 11 is 0. The minimum atomic E-state index is -0.488. The highest BCUT2D eigenvalue weighted by molar-refractivity contribution is 5.94. The summed E-state index contributed by atoms with van der Waals surface area (Å²) in [6.07, 6.45) is 0. The third-order valence-corrected chi connectivity index (χ3v) is 3.18. The van der Waals surface area contributed by atoms with E-state index in [1.165, 1.54) is 14.1 Å². The molecule has 2 N–H and O–H groups in total. The monoisotopic (exact) mass is 300 g/mol. The molecule has 0 aromatic heterocycles. The van der Waals surface area contributed by atoms with Crippen molar-refractivity contribution in [1.29, 1.82) is 0 Å². The average molecular weight is 300 g/mol. The summed E-state index contributed by atoms with van der Waals surface area (Å²) in [5.74, 6) is -0.975. The summed E-state index contributed by atoms with van der Waals surface area (Å²) in [6, 6.07) is 13.5. The second-order valence-corrected chi connectivity index (χ2v) is 4.81. The second-order valence-electron chi connectivity index (χ2n) is 4.81. The Morgan fingerprint density at radius 2 is 0.955 bits per heavy atom. The first-order valence-electron chi connectivity index (χ1n) is 6.54. The van der Waals surface area contributed by atoms with Crippen molar-refractivity contribution < 1.29 is 20.0 Å².